The number of carbonyl (C=O) groups is 1. The lowest BCUT2D eigenvalue weighted by atomic mass is 9.91. The molecule has 1 aromatic heterocycles. The second kappa shape index (κ2) is 5.00. The van der Waals surface area contributed by atoms with Crippen molar-refractivity contribution in [3.8, 4) is 0 Å². The van der Waals surface area contributed by atoms with Crippen molar-refractivity contribution in [3.63, 3.8) is 0 Å². The fourth-order valence-electron chi connectivity index (χ4n) is 2.87. The first-order valence-corrected chi connectivity index (χ1v) is 6.94. The summed E-state index contributed by atoms with van der Waals surface area (Å²) in [4.78, 5) is 11.8. The summed E-state index contributed by atoms with van der Waals surface area (Å²) in [5, 5.41) is 3.42. The standard InChI is InChI=1S/C13H13F5N2O2/c14-12(15)5-4-7-9(11(12)21)10(13(16,17)18)19-20(7)8-3-1-2-6-22-8/h8H,1-6H2. The Hall–Kier alpha value is -1.51. The highest BCUT2D eigenvalue weighted by molar-refractivity contribution is 6.04. The molecule has 0 radical (unpaired) electrons. The number of ether oxygens (including phenoxy) is 1. The summed E-state index contributed by atoms with van der Waals surface area (Å²) < 4.78 is 72.6. The third kappa shape index (κ3) is 2.41. The van der Waals surface area contributed by atoms with E-state index in [2.05, 4.69) is 5.10 Å². The summed E-state index contributed by atoms with van der Waals surface area (Å²) in [5.74, 6) is -5.59. The van der Waals surface area contributed by atoms with Crippen LogP contribution in [0.1, 0.15) is 53.7 Å². The lowest BCUT2D eigenvalue weighted by molar-refractivity contribution is -0.142. The third-order valence-corrected chi connectivity index (χ3v) is 3.94. The van der Waals surface area contributed by atoms with Crippen LogP contribution < -0.4 is 0 Å². The highest BCUT2D eigenvalue weighted by Gasteiger charge is 2.51. The van der Waals surface area contributed by atoms with Gasteiger partial charge < -0.3 is 4.74 Å². The fraction of sp³-hybridized carbons (Fsp3) is 0.692. The SMILES string of the molecule is O=C1c2c(C(F)(F)F)nn(C3CCCCO3)c2CCC1(F)F. The van der Waals surface area contributed by atoms with Crippen molar-refractivity contribution in [2.75, 3.05) is 6.61 Å². The topological polar surface area (TPSA) is 44.1 Å². The lowest BCUT2D eigenvalue weighted by Crippen LogP contribution is -2.36. The predicted molar refractivity (Wildman–Crippen MR) is 63.7 cm³/mol. The predicted octanol–water partition coefficient (Wildman–Crippen LogP) is 3.37. The number of Topliss-reactive ketones (excluding diaryl/α,β-unsaturated/α-hetero) is 1. The molecule has 1 aromatic rings. The van der Waals surface area contributed by atoms with Crippen LogP contribution in [0.15, 0.2) is 0 Å². The number of ketones is 1. The molecule has 1 saturated heterocycles. The number of halogens is 5. The maximum absolute atomic E-state index is 13.5. The van der Waals surface area contributed by atoms with Gasteiger partial charge in [0, 0.05) is 13.0 Å². The molecule has 1 atom stereocenters. The Morgan fingerprint density at radius 2 is 2.00 bits per heavy atom. The number of rotatable bonds is 1. The normalized spacial score (nSPS) is 25.1. The van der Waals surface area contributed by atoms with E-state index in [1.807, 2.05) is 0 Å². The zero-order valence-corrected chi connectivity index (χ0v) is 11.4. The molecule has 0 N–H and O–H groups in total. The van der Waals surface area contributed by atoms with E-state index in [0.717, 1.165) is 17.5 Å². The molecule has 0 spiro atoms. The van der Waals surface area contributed by atoms with Crippen molar-refractivity contribution in [3.05, 3.63) is 17.0 Å². The van der Waals surface area contributed by atoms with Gasteiger partial charge in [-0.1, -0.05) is 0 Å². The average Bonchev–Trinajstić information content (AvgIpc) is 2.84. The molecule has 4 nitrogen and oxygen atoms in total. The molecule has 1 aliphatic heterocycles. The van der Waals surface area contributed by atoms with Crippen LogP contribution in [0, 0.1) is 0 Å². The maximum atomic E-state index is 13.5. The molecule has 0 aromatic carbocycles. The van der Waals surface area contributed by atoms with Crippen LogP contribution >= 0.6 is 0 Å². The molecular weight excluding hydrogens is 311 g/mol. The molecule has 1 unspecified atom stereocenters. The maximum Gasteiger partial charge on any atom is 0.435 e. The van der Waals surface area contributed by atoms with E-state index in [9.17, 15) is 26.7 Å². The number of carbonyl (C=O) groups excluding carboxylic acids is 1. The van der Waals surface area contributed by atoms with Crippen LogP contribution in [0.2, 0.25) is 0 Å². The monoisotopic (exact) mass is 324 g/mol. The smallest absolute Gasteiger partial charge is 0.357 e. The second-order valence-corrected chi connectivity index (χ2v) is 5.47. The van der Waals surface area contributed by atoms with Crippen LogP contribution in [0.3, 0.4) is 0 Å². The summed E-state index contributed by atoms with van der Waals surface area (Å²) in [6, 6.07) is 0. The molecule has 122 valence electrons. The number of fused-ring (bicyclic) bond motifs is 1. The third-order valence-electron chi connectivity index (χ3n) is 3.94. The van der Waals surface area contributed by atoms with Crippen molar-refractivity contribution >= 4 is 5.78 Å². The number of hydrogen-bond acceptors (Lipinski definition) is 3. The molecule has 22 heavy (non-hydrogen) atoms. The molecule has 0 bridgehead atoms. The van der Waals surface area contributed by atoms with Crippen LogP contribution in [-0.2, 0) is 17.3 Å². The van der Waals surface area contributed by atoms with Gasteiger partial charge in [0.15, 0.2) is 5.69 Å². The molecule has 0 amide bonds. The van der Waals surface area contributed by atoms with Gasteiger partial charge in [-0.25, -0.2) is 4.68 Å². The van der Waals surface area contributed by atoms with Gasteiger partial charge >= 0.3 is 12.1 Å². The summed E-state index contributed by atoms with van der Waals surface area (Å²) in [6.07, 6.45) is -4.89. The summed E-state index contributed by atoms with van der Waals surface area (Å²) in [6.45, 7) is 0.366. The Labute approximate surface area is 122 Å². The van der Waals surface area contributed by atoms with E-state index in [1.54, 1.807) is 0 Å². The molecule has 3 rings (SSSR count). The number of alkyl halides is 5. The van der Waals surface area contributed by atoms with E-state index >= 15 is 0 Å². The Kier molecular flexibility index (Phi) is 3.50. The largest absolute Gasteiger partial charge is 0.435 e. The van der Waals surface area contributed by atoms with Gasteiger partial charge in [0.1, 0.15) is 6.23 Å². The minimum absolute atomic E-state index is 0.102. The van der Waals surface area contributed by atoms with Crippen LogP contribution in [0.25, 0.3) is 0 Å². The van der Waals surface area contributed by atoms with E-state index in [-0.39, 0.29) is 12.1 Å². The molecule has 2 aliphatic rings. The first kappa shape index (κ1) is 15.4. The first-order chi connectivity index (χ1) is 10.2. The highest BCUT2D eigenvalue weighted by Crippen LogP contribution is 2.41. The second-order valence-electron chi connectivity index (χ2n) is 5.47. The van der Waals surface area contributed by atoms with Gasteiger partial charge in [0.05, 0.1) is 11.3 Å². The summed E-state index contributed by atoms with van der Waals surface area (Å²) in [7, 11) is 0. The van der Waals surface area contributed by atoms with Crippen LogP contribution in [0.4, 0.5) is 22.0 Å². The minimum atomic E-state index is -4.97. The quantitative estimate of drug-likeness (QED) is 0.744. The van der Waals surface area contributed by atoms with Crippen LogP contribution in [0.5, 0.6) is 0 Å². The summed E-state index contributed by atoms with van der Waals surface area (Å²) >= 11 is 0. The Morgan fingerprint density at radius 1 is 1.27 bits per heavy atom. The molecule has 0 saturated carbocycles. The fourth-order valence-corrected chi connectivity index (χ4v) is 2.87. The van der Waals surface area contributed by atoms with Gasteiger partial charge in [-0.05, 0) is 25.7 Å². The van der Waals surface area contributed by atoms with Gasteiger partial charge in [0.25, 0.3) is 0 Å². The van der Waals surface area contributed by atoms with Gasteiger partial charge in [0.2, 0.25) is 5.78 Å². The van der Waals surface area contributed by atoms with E-state index in [4.69, 9.17) is 4.74 Å². The number of aromatic nitrogens is 2. The lowest BCUT2D eigenvalue weighted by Gasteiger charge is -2.27. The van der Waals surface area contributed by atoms with Gasteiger partial charge in [-0.15, -0.1) is 0 Å². The Balaban J connectivity index is 2.13. The van der Waals surface area contributed by atoms with Crippen molar-refractivity contribution in [2.45, 2.75) is 50.4 Å². The zero-order valence-electron chi connectivity index (χ0n) is 11.4. The van der Waals surface area contributed by atoms with Crippen molar-refractivity contribution < 1.29 is 31.5 Å². The number of nitrogens with zero attached hydrogens (tertiary/aromatic N) is 2. The molecule has 9 heteroatoms. The number of hydrogen-bond donors (Lipinski definition) is 0. The molecule has 2 heterocycles. The van der Waals surface area contributed by atoms with Gasteiger partial charge in [-0.3, -0.25) is 4.79 Å². The Bertz CT molecular complexity index is 602. The molecule has 1 fully saturated rings. The van der Waals surface area contributed by atoms with Crippen molar-refractivity contribution in [1.29, 1.82) is 0 Å². The summed E-state index contributed by atoms with van der Waals surface area (Å²) in [5.41, 5.74) is -2.64. The Morgan fingerprint density at radius 3 is 2.59 bits per heavy atom. The van der Waals surface area contributed by atoms with E-state index in [0.29, 0.717) is 13.0 Å². The molecular formula is C13H13F5N2O2. The average molecular weight is 324 g/mol. The van der Waals surface area contributed by atoms with E-state index < -0.39 is 41.8 Å². The molecule has 1 aliphatic carbocycles. The van der Waals surface area contributed by atoms with Crippen molar-refractivity contribution in [2.24, 2.45) is 0 Å². The van der Waals surface area contributed by atoms with Crippen LogP contribution in [-0.4, -0.2) is 28.1 Å². The van der Waals surface area contributed by atoms with E-state index in [1.165, 1.54) is 0 Å². The highest BCUT2D eigenvalue weighted by atomic mass is 19.4. The van der Waals surface area contributed by atoms with Gasteiger partial charge in [-0.2, -0.15) is 27.1 Å². The zero-order chi connectivity index (χ0) is 16.1. The minimum Gasteiger partial charge on any atom is -0.357 e. The van der Waals surface area contributed by atoms with Crippen molar-refractivity contribution in [1.82, 2.24) is 9.78 Å². The first-order valence-electron chi connectivity index (χ1n) is 6.94.